The molecule has 0 aromatic heterocycles. The molecular formula is C23H24IO+. The van der Waals surface area contributed by atoms with Crippen LogP contribution in [0.3, 0.4) is 0 Å². The molecule has 0 amide bonds. The fourth-order valence-corrected chi connectivity index (χ4v) is 5.67. The molecule has 0 radical (unpaired) electrons. The summed E-state index contributed by atoms with van der Waals surface area (Å²) in [7, 11) is 0. The molecule has 0 saturated heterocycles. The van der Waals surface area contributed by atoms with Crippen LogP contribution < -0.4 is 21.2 Å². The van der Waals surface area contributed by atoms with Gasteiger partial charge in [0.2, 0.25) is 0 Å². The average Bonchev–Trinajstić information content (AvgIpc) is 2.62. The summed E-state index contributed by atoms with van der Waals surface area (Å²) in [4.78, 5) is 13.2. The van der Waals surface area contributed by atoms with Gasteiger partial charge in [-0.05, 0) is 17.5 Å². The van der Waals surface area contributed by atoms with Crippen molar-refractivity contribution in [1.82, 2.24) is 0 Å². The number of ketones is 1. The van der Waals surface area contributed by atoms with E-state index in [0.29, 0.717) is 0 Å². The SMILES string of the molecule is CC(C)(C)C1=CCC([I+]c2ccccc2)=C(C(=O)c2ccccc2)C1. The molecule has 1 aliphatic rings. The van der Waals surface area contributed by atoms with Crippen molar-refractivity contribution >= 4 is 5.78 Å². The van der Waals surface area contributed by atoms with Gasteiger partial charge in [0.05, 0.1) is 5.57 Å². The Balaban J connectivity index is 1.96. The van der Waals surface area contributed by atoms with Crippen LogP contribution in [0.15, 0.2) is 81.5 Å². The van der Waals surface area contributed by atoms with Gasteiger partial charge in [-0.2, -0.15) is 0 Å². The van der Waals surface area contributed by atoms with Crippen molar-refractivity contribution in [2.45, 2.75) is 33.6 Å². The van der Waals surface area contributed by atoms with E-state index in [4.69, 9.17) is 0 Å². The monoisotopic (exact) mass is 443 g/mol. The lowest BCUT2D eigenvalue weighted by atomic mass is 9.78. The van der Waals surface area contributed by atoms with Crippen LogP contribution in [0.1, 0.15) is 44.0 Å². The molecule has 0 fully saturated rings. The highest BCUT2D eigenvalue weighted by Gasteiger charge is 2.33. The number of carbonyl (C=O) groups excluding carboxylic acids is 1. The van der Waals surface area contributed by atoms with Gasteiger partial charge in [-0.3, -0.25) is 4.79 Å². The summed E-state index contributed by atoms with van der Waals surface area (Å²) in [5, 5.41) is 0. The van der Waals surface area contributed by atoms with E-state index in [-0.39, 0.29) is 32.4 Å². The van der Waals surface area contributed by atoms with Crippen molar-refractivity contribution in [3.63, 3.8) is 0 Å². The van der Waals surface area contributed by atoms with Crippen LogP contribution >= 0.6 is 0 Å². The Labute approximate surface area is 161 Å². The molecule has 3 rings (SSSR count). The van der Waals surface area contributed by atoms with Crippen LogP contribution in [0.4, 0.5) is 0 Å². The zero-order valence-electron chi connectivity index (χ0n) is 15.1. The van der Waals surface area contributed by atoms with Crippen molar-refractivity contribution in [2.24, 2.45) is 5.41 Å². The predicted molar refractivity (Wildman–Crippen MR) is 99.7 cm³/mol. The highest BCUT2D eigenvalue weighted by Crippen LogP contribution is 2.35. The topological polar surface area (TPSA) is 17.1 Å². The third-order valence-electron chi connectivity index (χ3n) is 4.45. The summed E-state index contributed by atoms with van der Waals surface area (Å²) in [6.45, 7) is 6.71. The minimum Gasteiger partial charge on any atom is -0.289 e. The van der Waals surface area contributed by atoms with Gasteiger partial charge in [-0.15, -0.1) is 0 Å². The van der Waals surface area contributed by atoms with Crippen molar-refractivity contribution in [3.05, 3.63) is 90.6 Å². The Morgan fingerprint density at radius 3 is 2.12 bits per heavy atom. The minimum atomic E-state index is -0.302. The molecule has 0 saturated carbocycles. The summed E-state index contributed by atoms with van der Waals surface area (Å²) in [6.07, 6.45) is 4.07. The quantitative estimate of drug-likeness (QED) is 0.404. The normalized spacial score (nSPS) is 15.1. The fraction of sp³-hybridized carbons (Fsp3) is 0.261. The van der Waals surface area contributed by atoms with Crippen LogP contribution in [0, 0.1) is 8.99 Å². The maximum Gasteiger partial charge on any atom is 0.353 e. The van der Waals surface area contributed by atoms with E-state index in [2.05, 4.69) is 57.2 Å². The van der Waals surface area contributed by atoms with Crippen LogP contribution in [0.2, 0.25) is 0 Å². The Kier molecular flexibility index (Phi) is 5.57. The second kappa shape index (κ2) is 7.69. The van der Waals surface area contributed by atoms with Gasteiger partial charge in [0.1, 0.15) is 0 Å². The number of hydrogen-bond acceptors (Lipinski definition) is 1. The molecule has 0 heterocycles. The first-order chi connectivity index (χ1) is 11.9. The number of hydrogen-bond donors (Lipinski definition) is 0. The van der Waals surface area contributed by atoms with Crippen LogP contribution in [0.25, 0.3) is 0 Å². The van der Waals surface area contributed by atoms with E-state index in [0.717, 1.165) is 24.0 Å². The van der Waals surface area contributed by atoms with E-state index in [1.54, 1.807) is 0 Å². The van der Waals surface area contributed by atoms with E-state index >= 15 is 0 Å². The Morgan fingerprint density at radius 1 is 0.920 bits per heavy atom. The van der Waals surface area contributed by atoms with Gasteiger partial charge in [0.15, 0.2) is 12.9 Å². The molecule has 2 aromatic rings. The standard InChI is InChI=1S/C23H24IO/c1-23(2,3)18-14-15-21(24-19-12-8-5-9-13-19)20(16-18)22(25)17-10-6-4-7-11-17/h4-14H,15-16H2,1-3H3/q+1. The van der Waals surface area contributed by atoms with Crippen LogP contribution in [0.5, 0.6) is 0 Å². The molecule has 128 valence electrons. The number of carbonyl (C=O) groups is 1. The number of Topliss-reactive ketones (excluding diaryl/α,β-unsaturated/α-hetero) is 1. The highest BCUT2D eigenvalue weighted by atomic mass is 127. The number of benzene rings is 2. The first-order valence-corrected chi connectivity index (χ1v) is 10.8. The molecular weight excluding hydrogens is 419 g/mol. The van der Waals surface area contributed by atoms with E-state index in [9.17, 15) is 4.79 Å². The van der Waals surface area contributed by atoms with Gasteiger partial charge in [-0.25, -0.2) is 0 Å². The zero-order valence-corrected chi connectivity index (χ0v) is 17.2. The largest absolute Gasteiger partial charge is 0.353 e. The average molecular weight is 443 g/mol. The molecule has 2 aromatic carbocycles. The van der Waals surface area contributed by atoms with Crippen molar-refractivity contribution in [1.29, 1.82) is 0 Å². The van der Waals surface area contributed by atoms with Crippen molar-refractivity contribution in [3.8, 4) is 0 Å². The number of allylic oxidation sites excluding steroid dienone is 4. The maximum absolute atomic E-state index is 13.2. The molecule has 0 atom stereocenters. The molecule has 0 bridgehead atoms. The molecule has 0 spiro atoms. The summed E-state index contributed by atoms with van der Waals surface area (Å²) in [6, 6.07) is 20.3. The molecule has 1 aliphatic carbocycles. The Bertz CT molecular complexity index is 808. The summed E-state index contributed by atoms with van der Waals surface area (Å²) >= 11 is -0.302. The van der Waals surface area contributed by atoms with E-state index in [1.807, 2.05) is 30.3 Å². The molecule has 25 heavy (non-hydrogen) atoms. The fourth-order valence-electron chi connectivity index (χ4n) is 2.94. The highest BCUT2D eigenvalue weighted by molar-refractivity contribution is 6.09. The second-order valence-corrected chi connectivity index (χ2v) is 10.4. The van der Waals surface area contributed by atoms with Crippen molar-refractivity contribution < 1.29 is 26.0 Å². The summed E-state index contributed by atoms with van der Waals surface area (Å²) in [5.41, 5.74) is 3.34. The summed E-state index contributed by atoms with van der Waals surface area (Å²) in [5.74, 6) is 0.209. The second-order valence-electron chi connectivity index (χ2n) is 7.33. The lowest BCUT2D eigenvalue weighted by molar-refractivity contribution is -0.578. The molecule has 1 nitrogen and oxygen atoms in total. The first kappa shape index (κ1) is 18.1. The number of halogens is 1. The van der Waals surface area contributed by atoms with E-state index in [1.165, 1.54) is 12.7 Å². The van der Waals surface area contributed by atoms with Gasteiger partial charge in [0.25, 0.3) is 0 Å². The van der Waals surface area contributed by atoms with Gasteiger partial charge in [-0.1, -0.05) is 81.0 Å². The lowest BCUT2D eigenvalue weighted by Gasteiger charge is -2.26. The predicted octanol–water partition coefficient (Wildman–Crippen LogP) is 2.85. The third-order valence-corrected chi connectivity index (χ3v) is 7.54. The smallest absolute Gasteiger partial charge is 0.289 e. The van der Waals surface area contributed by atoms with Crippen LogP contribution in [-0.4, -0.2) is 5.78 Å². The number of rotatable bonds is 4. The van der Waals surface area contributed by atoms with Gasteiger partial charge < -0.3 is 0 Å². The Hall–Kier alpha value is -1.68. The molecule has 0 aliphatic heterocycles. The van der Waals surface area contributed by atoms with E-state index < -0.39 is 0 Å². The van der Waals surface area contributed by atoms with Gasteiger partial charge >= 0.3 is 21.2 Å². The maximum atomic E-state index is 13.2. The third kappa shape index (κ3) is 4.49. The zero-order chi connectivity index (χ0) is 17.9. The summed E-state index contributed by atoms with van der Waals surface area (Å²) < 4.78 is 2.74. The van der Waals surface area contributed by atoms with Crippen LogP contribution in [-0.2, 0) is 0 Å². The van der Waals surface area contributed by atoms with Gasteiger partial charge in [0, 0.05) is 18.4 Å². The van der Waals surface area contributed by atoms with Crippen molar-refractivity contribution in [2.75, 3.05) is 0 Å². The molecule has 0 unspecified atom stereocenters. The Morgan fingerprint density at radius 2 is 1.52 bits per heavy atom. The first-order valence-electron chi connectivity index (χ1n) is 8.66. The molecule has 0 N–H and O–H groups in total. The lowest BCUT2D eigenvalue weighted by Crippen LogP contribution is -3.61. The minimum absolute atomic E-state index is 0.110. The molecule has 2 heteroatoms.